The molecule has 3 heterocycles. The Hall–Kier alpha value is -3.50. The fourth-order valence-electron chi connectivity index (χ4n) is 2.93. The van der Waals surface area contributed by atoms with Crippen molar-refractivity contribution in [1.82, 2.24) is 30.4 Å². The van der Waals surface area contributed by atoms with Crippen molar-refractivity contribution in [3.63, 3.8) is 0 Å². The maximum Gasteiger partial charge on any atom is 0.247 e. The predicted octanol–water partition coefficient (Wildman–Crippen LogP) is 5.47. The molecule has 0 unspecified atom stereocenters. The summed E-state index contributed by atoms with van der Waals surface area (Å²) in [5.41, 5.74) is 2.67. The molecule has 0 atom stereocenters. The molecule has 164 valence electrons. The van der Waals surface area contributed by atoms with Gasteiger partial charge in [0.05, 0.1) is 11.5 Å². The first-order chi connectivity index (χ1) is 16.2. The minimum Gasteiger partial charge on any atom is -0.420 e. The standard InChI is InChI=1S/C23H18N6O2S2/c1-15-12-20(32-13-18-26-28-21(30-18)16-8-4-2-5-9-16)25-23(24-15)33-14-19-27-29-22(31-19)17-10-6-3-7-11-17/h2-12H,13-14H2,1H3. The molecule has 5 rings (SSSR count). The van der Waals surface area contributed by atoms with Crippen LogP contribution in [0.4, 0.5) is 0 Å². The second-order valence-electron chi connectivity index (χ2n) is 6.94. The van der Waals surface area contributed by atoms with Gasteiger partial charge >= 0.3 is 0 Å². The van der Waals surface area contributed by atoms with Crippen LogP contribution in [0.1, 0.15) is 17.5 Å². The van der Waals surface area contributed by atoms with E-state index in [9.17, 15) is 0 Å². The lowest BCUT2D eigenvalue weighted by atomic mass is 10.2. The predicted molar refractivity (Wildman–Crippen MR) is 125 cm³/mol. The molecule has 0 spiro atoms. The number of hydrogen-bond donors (Lipinski definition) is 0. The van der Waals surface area contributed by atoms with Crippen molar-refractivity contribution >= 4 is 23.5 Å². The Morgan fingerprint density at radius 1 is 0.667 bits per heavy atom. The molecule has 2 aromatic carbocycles. The largest absolute Gasteiger partial charge is 0.420 e. The van der Waals surface area contributed by atoms with Crippen LogP contribution >= 0.6 is 23.5 Å². The highest BCUT2D eigenvalue weighted by Gasteiger charge is 2.12. The van der Waals surface area contributed by atoms with Gasteiger partial charge in [0, 0.05) is 16.8 Å². The Bertz CT molecular complexity index is 1240. The SMILES string of the molecule is Cc1cc(SCc2nnc(-c3ccccc3)o2)nc(SCc2nnc(-c3ccccc3)o2)n1. The minimum atomic E-state index is 0.484. The van der Waals surface area contributed by atoms with Crippen molar-refractivity contribution in [1.29, 1.82) is 0 Å². The minimum absolute atomic E-state index is 0.484. The quantitative estimate of drug-likeness (QED) is 0.163. The molecule has 0 amide bonds. The van der Waals surface area contributed by atoms with Gasteiger partial charge in [0.25, 0.3) is 0 Å². The van der Waals surface area contributed by atoms with Gasteiger partial charge in [0.1, 0.15) is 5.03 Å². The summed E-state index contributed by atoms with van der Waals surface area (Å²) in [5.74, 6) is 3.08. The Morgan fingerprint density at radius 3 is 1.79 bits per heavy atom. The maximum absolute atomic E-state index is 5.78. The van der Waals surface area contributed by atoms with E-state index in [1.165, 1.54) is 23.5 Å². The van der Waals surface area contributed by atoms with Crippen molar-refractivity contribution in [2.75, 3.05) is 0 Å². The van der Waals surface area contributed by atoms with Crippen LogP contribution in [0.25, 0.3) is 22.9 Å². The van der Waals surface area contributed by atoms with E-state index in [-0.39, 0.29) is 0 Å². The normalized spacial score (nSPS) is 11.1. The molecule has 0 saturated carbocycles. The first-order valence-electron chi connectivity index (χ1n) is 10.1. The molecule has 0 aliphatic rings. The summed E-state index contributed by atoms with van der Waals surface area (Å²) in [6, 6.07) is 21.3. The van der Waals surface area contributed by atoms with Gasteiger partial charge in [-0.05, 0) is 37.3 Å². The van der Waals surface area contributed by atoms with Gasteiger partial charge in [-0.2, -0.15) is 0 Å². The van der Waals surface area contributed by atoms with Gasteiger partial charge in [-0.15, -0.1) is 20.4 Å². The molecule has 0 radical (unpaired) electrons. The van der Waals surface area contributed by atoms with Crippen LogP contribution in [0.5, 0.6) is 0 Å². The van der Waals surface area contributed by atoms with Gasteiger partial charge in [0.15, 0.2) is 5.16 Å². The molecule has 0 saturated heterocycles. The molecule has 5 aromatic rings. The monoisotopic (exact) mass is 474 g/mol. The van der Waals surface area contributed by atoms with E-state index in [2.05, 4.69) is 30.4 Å². The first-order valence-corrected chi connectivity index (χ1v) is 12.1. The van der Waals surface area contributed by atoms with Crippen molar-refractivity contribution in [2.45, 2.75) is 28.6 Å². The molecular weight excluding hydrogens is 456 g/mol. The zero-order chi connectivity index (χ0) is 22.5. The summed E-state index contributed by atoms with van der Waals surface area (Å²) in [6.07, 6.45) is 0. The molecule has 33 heavy (non-hydrogen) atoms. The number of benzene rings is 2. The molecule has 0 fully saturated rings. The van der Waals surface area contributed by atoms with E-state index < -0.39 is 0 Å². The van der Waals surface area contributed by atoms with Gasteiger partial charge in [-0.1, -0.05) is 59.9 Å². The van der Waals surface area contributed by atoms with E-state index in [4.69, 9.17) is 8.83 Å². The third-order valence-electron chi connectivity index (χ3n) is 4.45. The first kappa shape index (κ1) is 21.4. The van der Waals surface area contributed by atoms with Gasteiger partial charge < -0.3 is 8.83 Å². The van der Waals surface area contributed by atoms with E-state index in [0.29, 0.717) is 40.2 Å². The molecule has 10 heteroatoms. The van der Waals surface area contributed by atoms with Gasteiger partial charge in [-0.3, -0.25) is 0 Å². The Labute approximate surface area is 198 Å². The average Bonchev–Trinajstić information content (AvgIpc) is 3.52. The Kier molecular flexibility index (Phi) is 6.45. The fraction of sp³-hybridized carbons (Fsp3) is 0.130. The Balaban J connectivity index is 1.21. The summed E-state index contributed by atoms with van der Waals surface area (Å²) in [5, 5.41) is 18.0. The van der Waals surface area contributed by atoms with E-state index in [1.807, 2.05) is 73.7 Å². The lowest BCUT2D eigenvalue weighted by molar-refractivity contribution is 0.528. The van der Waals surface area contributed by atoms with Crippen LogP contribution in [-0.4, -0.2) is 30.4 Å². The van der Waals surface area contributed by atoms with Gasteiger partial charge in [-0.25, -0.2) is 9.97 Å². The van der Waals surface area contributed by atoms with Crippen molar-refractivity contribution < 1.29 is 8.83 Å². The zero-order valence-corrected chi connectivity index (χ0v) is 19.2. The number of rotatable bonds is 8. The summed E-state index contributed by atoms with van der Waals surface area (Å²) in [7, 11) is 0. The summed E-state index contributed by atoms with van der Waals surface area (Å²) in [6.45, 7) is 1.94. The van der Waals surface area contributed by atoms with Gasteiger partial charge in [0.2, 0.25) is 23.6 Å². The van der Waals surface area contributed by atoms with E-state index in [1.54, 1.807) is 0 Å². The van der Waals surface area contributed by atoms with E-state index >= 15 is 0 Å². The molecule has 0 aliphatic heterocycles. The highest BCUT2D eigenvalue weighted by molar-refractivity contribution is 7.99. The number of thioether (sulfide) groups is 2. The molecule has 0 bridgehead atoms. The molecule has 3 aromatic heterocycles. The van der Waals surface area contributed by atoms with Crippen LogP contribution in [0, 0.1) is 6.92 Å². The van der Waals surface area contributed by atoms with Crippen molar-refractivity contribution in [2.24, 2.45) is 0 Å². The summed E-state index contributed by atoms with van der Waals surface area (Å²) in [4.78, 5) is 9.14. The second kappa shape index (κ2) is 9.97. The van der Waals surface area contributed by atoms with Crippen molar-refractivity contribution in [3.8, 4) is 22.9 Å². The third kappa shape index (κ3) is 5.47. The molecule has 8 nitrogen and oxygen atoms in total. The highest BCUT2D eigenvalue weighted by atomic mass is 32.2. The van der Waals surface area contributed by atoms with E-state index in [0.717, 1.165) is 21.8 Å². The maximum atomic E-state index is 5.78. The molecule has 0 N–H and O–H groups in total. The topological polar surface area (TPSA) is 104 Å². The second-order valence-corrected chi connectivity index (χ2v) is 8.88. The van der Waals surface area contributed by atoms with Crippen molar-refractivity contribution in [3.05, 3.63) is 84.2 Å². The van der Waals surface area contributed by atoms with Crippen LogP contribution < -0.4 is 0 Å². The van der Waals surface area contributed by atoms with Crippen LogP contribution in [0.2, 0.25) is 0 Å². The zero-order valence-electron chi connectivity index (χ0n) is 17.6. The van der Waals surface area contributed by atoms with Crippen LogP contribution in [-0.2, 0) is 11.5 Å². The Morgan fingerprint density at radius 2 is 1.21 bits per heavy atom. The fourth-order valence-corrected chi connectivity index (χ4v) is 4.52. The van der Waals surface area contributed by atoms with Crippen LogP contribution in [0.3, 0.4) is 0 Å². The molecular formula is C23H18N6O2S2. The number of nitrogens with zero attached hydrogens (tertiary/aromatic N) is 6. The number of aromatic nitrogens is 6. The van der Waals surface area contributed by atoms with Crippen LogP contribution in [0.15, 0.2) is 85.7 Å². The summed E-state index contributed by atoms with van der Waals surface area (Å²) < 4.78 is 11.5. The smallest absolute Gasteiger partial charge is 0.247 e. The number of hydrogen-bond acceptors (Lipinski definition) is 10. The third-order valence-corrected chi connectivity index (χ3v) is 6.18. The highest BCUT2D eigenvalue weighted by Crippen LogP contribution is 2.27. The number of aryl methyl sites for hydroxylation is 1. The lowest BCUT2D eigenvalue weighted by Crippen LogP contribution is -1.94. The summed E-state index contributed by atoms with van der Waals surface area (Å²) >= 11 is 2.97. The lowest BCUT2D eigenvalue weighted by Gasteiger charge is -2.03. The average molecular weight is 475 g/mol. The molecule has 0 aliphatic carbocycles.